The molecule has 0 aromatic rings. The fraction of sp³-hybridized carbons (Fsp3) is 0. The number of hydrogen-bond donors (Lipinski definition) is 0. The van der Waals surface area contributed by atoms with Crippen molar-refractivity contribution in [3.63, 3.8) is 0 Å². The third kappa shape index (κ3) is 9.98. The molecular weight excluding hydrogens is 437 g/mol. The van der Waals surface area contributed by atoms with Gasteiger partial charge in [0.1, 0.15) is 0 Å². The minimum atomic E-state index is 0. The summed E-state index contributed by atoms with van der Waals surface area (Å²) in [6, 6.07) is 0. The number of hydrogen-bond acceptors (Lipinski definition) is 0. The molecule has 0 atom stereocenters. The van der Waals surface area contributed by atoms with Crippen molar-refractivity contribution in [2.45, 2.75) is 0 Å². The van der Waals surface area contributed by atoms with Gasteiger partial charge in [-0.3, -0.25) is 0 Å². The van der Waals surface area contributed by atoms with Gasteiger partial charge >= 0.3 is 0 Å². The van der Waals surface area contributed by atoms with E-state index in [-0.39, 0.29) is 161 Å². The summed E-state index contributed by atoms with van der Waals surface area (Å²) in [4.78, 5) is 0. The molecule has 0 unspecified atom stereocenters. The molecule has 0 aliphatic rings. The van der Waals surface area contributed by atoms with E-state index in [1.54, 1.807) is 0 Å². The van der Waals surface area contributed by atoms with Gasteiger partial charge in [0.25, 0.3) is 0 Å². The van der Waals surface area contributed by atoms with Crippen molar-refractivity contribution in [3.8, 4) is 0 Å². The zero-order valence-corrected chi connectivity index (χ0v) is 17.8. The second-order valence-corrected chi connectivity index (χ2v) is 0. The second kappa shape index (κ2) is 15.7. The van der Waals surface area contributed by atoms with Gasteiger partial charge in [-0.25, -0.2) is 0 Å². The summed E-state index contributed by atoms with van der Waals surface area (Å²) in [5, 5.41) is 0. The molecule has 4 heteroatoms. The minimum Gasteiger partial charge on any atom is -0.197 e. The Hall–Kier alpha value is 4.87. The first kappa shape index (κ1) is 23.2. The molecule has 0 nitrogen and oxygen atoms in total. The molecule has 0 saturated carbocycles. The second-order valence-electron chi connectivity index (χ2n) is 0. The summed E-state index contributed by atoms with van der Waals surface area (Å²) < 4.78 is 0. The van der Waals surface area contributed by atoms with E-state index in [0.29, 0.717) is 0 Å². The molecule has 0 N–H and O–H groups in total. The van der Waals surface area contributed by atoms with Crippen LogP contribution < -0.4 is 0 Å². The average molecular weight is 439 g/mol. The van der Waals surface area contributed by atoms with Gasteiger partial charge in [0.2, 0.25) is 0 Å². The van der Waals surface area contributed by atoms with Crippen molar-refractivity contribution in [2.75, 3.05) is 0 Å². The first-order chi connectivity index (χ1) is 0. The van der Waals surface area contributed by atoms with Crippen LogP contribution in [0.25, 0.3) is 0 Å². The molecule has 0 spiro atoms. The van der Waals surface area contributed by atoms with Crippen molar-refractivity contribution >= 4 is 141 Å². The molecule has 0 aliphatic carbocycles. The van der Waals surface area contributed by atoms with Gasteiger partial charge in [-0.15, -0.1) is 0 Å². The van der Waals surface area contributed by atoms with Crippen LogP contribution in [0.5, 0.6) is 0 Å². The van der Waals surface area contributed by atoms with E-state index in [4.69, 9.17) is 0 Å². The molecule has 0 saturated heterocycles. The normalized spacial score (nSPS) is 0. The van der Waals surface area contributed by atoms with Crippen molar-refractivity contribution in [2.24, 2.45) is 0 Å². The van der Waals surface area contributed by atoms with E-state index < -0.39 is 0 Å². The van der Waals surface area contributed by atoms with Crippen molar-refractivity contribution < 1.29 is 20.4 Å². The van der Waals surface area contributed by atoms with Crippen LogP contribution in [0, 0.1) is 0 Å². The van der Waals surface area contributed by atoms with Crippen LogP contribution in [0.3, 0.4) is 0 Å². The van der Waals surface area contributed by atoms with Gasteiger partial charge in [0.15, 0.2) is 0 Å². The molecule has 4 heavy (non-hydrogen) atoms. The van der Waals surface area contributed by atoms with Gasteiger partial charge in [-0.05, 0) is 0 Å². The van der Waals surface area contributed by atoms with E-state index in [9.17, 15) is 0 Å². The smallest absolute Gasteiger partial charge is 0 e. The molecular formula is H2CsRbReS. The first-order valence-electron chi connectivity index (χ1n) is 0. The Morgan fingerprint density at radius 3 is 1.00 bits per heavy atom. The van der Waals surface area contributed by atoms with Gasteiger partial charge in [-0.2, -0.15) is 13.5 Å². The Labute approximate surface area is 155 Å². The van der Waals surface area contributed by atoms with Crippen LogP contribution in [0.1, 0.15) is 0 Å². The zero-order chi connectivity index (χ0) is 0. The molecule has 0 amide bonds. The van der Waals surface area contributed by atoms with Crippen LogP contribution in [-0.2, 0) is 20.4 Å². The Bertz CT molecular complexity index is 8.00. The molecule has 0 fully saturated rings. The first-order valence-corrected chi connectivity index (χ1v) is 0. The van der Waals surface area contributed by atoms with Gasteiger partial charge in [0.05, 0.1) is 0 Å². The maximum absolute atomic E-state index is 0. The fourth-order valence-electron chi connectivity index (χ4n) is 0. The molecule has 0 aliphatic heterocycles. The van der Waals surface area contributed by atoms with Crippen LogP contribution >= 0.6 is 13.5 Å². The van der Waals surface area contributed by atoms with Gasteiger partial charge < -0.3 is 0 Å². The molecule has 0 heterocycles. The summed E-state index contributed by atoms with van der Waals surface area (Å²) in [5.74, 6) is 0. The van der Waals surface area contributed by atoms with E-state index in [2.05, 4.69) is 0 Å². The predicted molar refractivity (Wildman–Crippen MR) is 21.9 cm³/mol. The Morgan fingerprint density at radius 2 is 1.00 bits per heavy atom. The monoisotopic (exact) mass is 439 g/mol. The largest absolute Gasteiger partial charge is 0.197 e. The van der Waals surface area contributed by atoms with E-state index in [1.807, 2.05) is 0 Å². The maximum Gasteiger partial charge on any atom is 0 e. The van der Waals surface area contributed by atoms with Crippen LogP contribution in [-0.4, -0.2) is 127 Å². The Balaban J connectivity index is 0. The maximum atomic E-state index is 0. The van der Waals surface area contributed by atoms with Gasteiger partial charge in [-0.1, -0.05) is 0 Å². The molecule has 0 aromatic carbocycles. The SMILES string of the molecule is S.[Cs].[Rb].[Re]. The van der Waals surface area contributed by atoms with Crippen molar-refractivity contribution in [1.29, 1.82) is 0 Å². The predicted octanol–water partition coefficient (Wildman–Crippen LogP) is -0.651. The Kier molecular flexibility index (Phi) is 90.7. The number of rotatable bonds is 0. The fourth-order valence-corrected chi connectivity index (χ4v) is 0. The molecule has 3 radical (unpaired) electrons. The minimum absolute atomic E-state index is 0. The van der Waals surface area contributed by atoms with Crippen molar-refractivity contribution in [1.82, 2.24) is 0 Å². The topological polar surface area (TPSA) is 0 Å². The summed E-state index contributed by atoms with van der Waals surface area (Å²) >= 11 is 0. The molecule has 0 aromatic heterocycles. The summed E-state index contributed by atoms with van der Waals surface area (Å²) in [6.45, 7) is 0. The van der Waals surface area contributed by atoms with Crippen LogP contribution in [0.2, 0.25) is 0 Å². The molecule has 0 rings (SSSR count). The Morgan fingerprint density at radius 1 is 1.00 bits per heavy atom. The summed E-state index contributed by atoms with van der Waals surface area (Å²) in [6.07, 6.45) is 0. The van der Waals surface area contributed by atoms with Crippen LogP contribution in [0.4, 0.5) is 0 Å². The molecule has 0 bridgehead atoms. The van der Waals surface area contributed by atoms with E-state index in [0.717, 1.165) is 0 Å². The van der Waals surface area contributed by atoms with Gasteiger partial charge in [0, 0.05) is 148 Å². The standard InChI is InChI=1S/Cs.Rb.Re.H2S/h;;;1H2. The van der Waals surface area contributed by atoms with Crippen LogP contribution in [0.15, 0.2) is 0 Å². The third-order valence-electron chi connectivity index (χ3n) is 0. The van der Waals surface area contributed by atoms with Crippen molar-refractivity contribution in [3.05, 3.63) is 0 Å². The van der Waals surface area contributed by atoms with E-state index >= 15 is 0 Å². The summed E-state index contributed by atoms with van der Waals surface area (Å²) in [5.41, 5.74) is 0. The third-order valence-corrected chi connectivity index (χ3v) is 0. The summed E-state index contributed by atoms with van der Waals surface area (Å²) in [7, 11) is 0. The van der Waals surface area contributed by atoms with E-state index in [1.165, 1.54) is 0 Å². The quantitative estimate of drug-likeness (QED) is 0.472. The average Bonchev–Trinajstić information content (AvgIpc) is 0. The molecule has 17 valence electrons. The zero-order valence-electron chi connectivity index (χ0n) is 2.88.